The summed E-state index contributed by atoms with van der Waals surface area (Å²) >= 11 is 1.64. The summed E-state index contributed by atoms with van der Waals surface area (Å²) in [6.07, 6.45) is 4.65. The molecule has 2 rings (SSSR count). The number of nitrogens with zero attached hydrogens (tertiary/aromatic N) is 2. The van der Waals surface area contributed by atoms with Crippen molar-refractivity contribution in [2.24, 2.45) is 7.05 Å². The minimum Gasteiger partial charge on any atom is -0.338 e. The van der Waals surface area contributed by atoms with Crippen molar-refractivity contribution in [1.29, 1.82) is 0 Å². The lowest BCUT2D eigenvalue weighted by Crippen LogP contribution is -2.18. The highest BCUT2D eigenvalue weighted by molar-refractivity contribution is 7.10. The first-order valence-electron chi connectivity index (χ1n) is 6.17. The molecule has 2 heterocycles. The predicted octanol–water partition coefficient (Wildman–Crippen LogP) is 1.77. The summed E-state index contributed by atoms with van der Waals surface area (Å²) < 4.78 is 2.02. The monoisotopic (exact) mass is 278 g/mol. The lowest BCUT2D eigenvalue weighted by Gasteiger charge is -2.06. The number of anilines is 1. The maximum Gasteiger partial charge on any atom is 0.221 e. The van der Waals surface area contributed by atoms with Gasteiger partial charge in [-0.15, -0.1) is 11.3 Å². The van der Waals surface area contributed by atoms with Gasteiger partial charge in [0, 0.05) is 50.8 Å². The highest BCUT2D eigenvalue weighted by Crippen LogP contribution is 2.21. The van der Waals surface area contributed by atoms with Gasteiger partial charge in [0.15, 0.2) is 0 Å². The first-order valence-corrected chi connectivity index (χ1v) is 7.05. The van der Waals surface area contributed by atoms with Crippen molar-refractivity contribution < 1.29 is 4.79 Å². The molecule has 2 aromatic rings. The van der Waals surface area contributed by atoms with Crippen molar-refractivity contribution in [2.75, 3.05) is 11.9 Å². The van der Waals surface area contributed by atoms with Crippen LogP contribution in [-0.4, -0.2) is 22.0 Å². The normalized spacial score (nSPS) is 10.6. The molecule has 0 atom stereocenters. The number of aryl methyl sites for hydroxylation is 1. The molecule has 0 spiro atoms. The van der Waals surface area contributed by atoms with Crippen LogP contribution in [0.5, 0.6) is 0 Å². The second-order valence-corrected chi connectivity index (χ2v) is 5.32. The molecule has 0 unspecified atom stereocenters. The molecule has 0 bridgehead atoms. The van der Waals surface area contributed by atoms with E-state index >= 15 is 0 Å². The van der Waals surface area contributed by atoms with Crippen molar-refractivity contribution in [3.05, 3.63) is 34.5 Å². The highest BCUT2D eigenvalue weighted by atomic mass is 32.1. The van der Waals surface area contributed by atoms with Crippen molar-refractivity contribution in [1.82, 2.24) is 14.9 Å². The third-order valence-corrected chi connectivity index (χ3v) is 3.71. The number of imidazole rings is 1. The van der Waals surface area contributed by atoms with Crippen molar-refractivity contribution in [3.8, 4) is 0 Å². The van der Waals surface area contributed by atoms with Crippen LogP contribution < -0.4 is 10.6 Å². The molecule has 1 amide bonds. The van der Waals surface area contributed by atoms with E-state index in [1.807, 2.05) is 35.5 Å². The Hall–Kier alpha value is -1.66. The van der Waals surface area contributed by atoms with E-state index in [4.69, 9.17) is 0 Å². The zero-order valence-corrected chi connectivity index (χ0v) is 12.0. The number of aromatic nitrogens is 2. The average Bonchev–Trinajstić information content (AvgIpc) is 2.94. The Kier molecular flexibility index (Phi) is 4.70. The van der Waals surface area contributed by atoms with E-state index in [9.17, 15) is 4.79 Å². The van der Waals surface area contributed by atoms with Crippen LogP contribution in [0.4, 0.5) is 5.69 Å². The first-order chi connectivity index (χ1) is 9.16. The molecule has 2 N–H and O–H groups in total. The topological polar surface area (TPSA) is 59.0 Å². The molecule has 0 aliphatic rings. The molecule has 0 aliphatic carbocycles. The van der Waals surface area contributed by atoms with Crippen LogP contribution >= 0.6 is 11.3 Å². The standard InChI is InChI=1S/C13H18N4OS/c1-10(18)16-11-4-8-19-12(11)9-14-5-3-13-15-6-7-17(13)2/h4,6-8,14H,3,5,9H2,1-2H3,(H,16,18). The molecule has 19 heavy (non-hydrogen) atoms. The Morgan fingerprint density at radius 1 is 1.53 bits per heavy atom. The number of hydrogen-bond acceptors (Lipinski definition) is 4. The molecular weight excluding hydrogens is 260 g/mol. The third-order valence-electron chi connectivity index (χ3n) is 2.79. The van der Waals surface area contributed by atoms with Crippen molar-refractivity contribution >= 4 is 22.9 Å². The van der Waals surface area contributed by atoms with E-state index in [2.05, 4.69) is 15.6 Å². The smallest absolute Gasteiger partial charge is 0.221 e. The Bertz CT molecular complexity index is 546. The van der Waals surface area contributed by atoms with Crippen LogP contribution in [0.3, 0.4) is 0 Å². The summed E-state index contributed by atoms with van der Waals surface area (Å²) in [5.74, 6) is 1.04. The fraction of sp³-hybridized carbons (Fsp3) is 0.385. The molecule has 0 aliphatic heterocycles. The summed E-state index contributed by atoms with van der Waals surface area (Å²) in [5, 5.41) is 8.19. The number of carbonyl (C=O) groups excluding carboxylic acids is 1. The van der Waals surface area contributed by atoms with E-state index in [1.54, 1.807) is 11.3 Å². The Labute approximate surface area is 116 Å². The van der Waals surface area contributed by atoms with Gasteiger partial charge in [0.2, 0.25) is 5.91 Å². The fourth-order valence-corrected chi connectivity index (χ4v) is 2.62. The van der Waals surface area contributed by atoms with E-state index in [0.717, 1.165) is 35.9 Å². The summed E-state index contributed by atoms with van der Waals surface area (Å²) in [6.45, 7) is 3.15. The summed E-state index contributed by atoms with van der Waals surface area (Å²) in [7, 11) is 2.00. The molecule has 2 aromatic heterocycles. The largest absolute Gasteiger partial charge is 0.338 e. The molecule has 6 heteroatoms. The molecule has 0 saturated carbocycles. The summed E-state index contributed by atoms with van der Waals surface area (Å²) in [4.78, 5) is 16.5. The van der Waals surface area contributed by atoms with E-state index < -0.39 is 0 Å². The number of amides is 1. The van der Waals surface area contributed by atoms with Crippen molar-refractivity contribution in [3.63, 3.8) is 0 Å². The SMILES string of the molecule is CC(=O)Nc1ccsc1CNCCc1nccn1C. The fourth-order valence-electron chi connectivity index (χ4n) is 1.82. The van der Waals surface area contributed by atoms with Gasteiger partial charge in [0.25, 0.3) is 0 Å². The molecular formula is C13H18N4OS. The average molecular weight is 278 g/mol. The van der Waals surface area contributed by atoms with Gasteiger partial charge in [-0.1, -0.05) is 0 Å². The second kappa shape index (κ2) is 6.49. The first kappa shape index (κ1) is 13.8. The van der Waals surface area contributed by atoms with Gasteiger partial charge in [-0.2, -0.15) is 0 Å². The number of thiophene rings is 1. The van der Waals surface area contributed by atoms with E-state index in [-0.39, 0.29) is 5.91 Å². The zero-order chi connectivity index (χ0) is 13.7. The van der Waals surface area contributed by atoms with E-state index in [1.165, 1.54) is 6.92 Å². The van der Waals surface area contributed by atoms with Gasteiger partial charge in [-0.05, 0) is 11.4 Å². The van der Waals surface area contributed by atoms with Gasteiger partial charge in [0.05, 0.1) is 5.69 Å². The second-order valence-electron chi connectivity index (χ2n) is 4.32. The number of hydrogen-bond donors (Lipinski definition) is 2. The Balaban J connectivity index is 1.78. The number of carbonyl (C=O) groups is 1. The predicted molar refractivity (Wildman–Crippen MR) is 77.2 cm³/mol. The van der Waals surface area contributed by atoms with Crippen LogP contribution in [0.2, 0.25) is 0 Å². The summed E-state index contributed by atoms with van der Waals surface area (Å²) in [5.41, 5.74) is 0.905. The zero-order valence-electron chi connectivity index (χ0n) is 11.1. The van der Waals surface area contributed by atoms with Crippen LogP contribution in [0, 0.1) is 0 Å². The maximum atomic E-state index is 11.0. The van der Waals surface area contributed by atoms with Gasteiger partial charge in [0.1, 0.15) is 5.82 Å². The van der Waals surface area contributed by atoms with Crippen LogP contribution in [0.25, 0.3) is 0 Å². The Morgan fingerprint density at radius 3 is 3.05 bits per heavy atom. The molecule has 0 saturated heterocycles. The van der Waals surface area contributed by atoms with Crippen LogP contribution in [0.1, 0.15) is 17.6 Å². The molecule has 0 fully saturated rings. The minimum absolute atomic E-state index is 0.0346. The van der Waals surface area contributed by atoms with Gasteiger partial charge >= 0.3 is 0 Å². The van der Waals surface area contributed by atoms with Crippen molar-refractivity contribution in [2.45, 2.75) is 19.9 Å². The lowest BCUT2D eigenvalue weighted by atomic mass is 10.3. The van der Waals surface area contributed by atoms with Gasteiger partial charge < -0.3 is 15.2 Å². The molecule has 102 valence electrons. The lowest BCUT2D eigenvalue weighted by molar-refractivity contribution is -0.114. The highest BCUT2D eigenvalue weighted by Gasteiger charge is 2.05. The molecule has 0 aromatic carbocycles. The third kappa shape index (κ3) is 3.90. The Morgan fingerprint density at radius 2 is 2.37 bits per heavy atom. The molecule has 5 nitrogen and oxygen atoms in total. The van der Waals surface area contributed by atoms with Gasteiger partial charge in [-0.3, -0.25) is 4.79 Å². The number of nitrogens with one attached hydrogen (secondary N) is 2. The van der Waals surface area contributed by atoms with Gasteiger partial charge in [-0.25, -0.2) is 4.98 Å². The van der Waals surface area contributed by atoms with E-state index in [0.29, 0.717) is 0 Å². The summed E-state index contributed by atoms with van der Waals surface area (Å²) in [6, 6.07) is 1.93. The molecule has 0 radical (unpaired) electrons. The maximum absolute atomic E-state index is 11.0. The number of rotatable bonds is 6. The minimum atomic E-state index is -0.0346. The van der Waals surface area contributed by atoms with Crippen LogP contribution in [0.15, 0.2) is 23.8 Å². The van der Waals surface area contributed by atoms with Crippen LogP contribution in [-0.2, 0) is 24.8 Å². The quantitative estimate of drug-likeness (QED) is 0.792.